The largest absolute Gasteiger partial charge is 0.443 e. The van der Waals surface area contributed by atoms with Gasteiger partial charge in [0.1, 0.15) is 5.60 Å². The molecule has 0 aliphatic carbocycles. The van der Waals surface area contributed by atoms with Crippen LogP contribution < -0.4 is 5.56 Å². The van der Waals surface area contributed by atoms with E-state index < -0.39 is 17.3 Å². The zero-order valence-corrected chi connectivity index (χ0v) is 12.5. The summed E-state index contributed by atoms with van der Waals surface area (Å²) in [6.07, 6.45) is -0.666. The Morgan fingerprint density at radius 1 is 1.21 bits per heavy atom. The number of pyridine rings is 1. The second kappa shape index (κ2) is 4.81. The van der Waals surface area contributed by atoms with Gasteiger partial charge < -0.3 is 4.74 Å². The van der Waals surface area contributed by atoms with Gasteiger partial charge in [0.05, 0.1) is 5.52 Å². The number of aromatic nitrogens is 1. The van der Waals surface area contributed by atoms with E-state index in [-0.39, 0.29) is 0 Å². The zero-order valence-electron chi connectivity index (χ0n) is 10.9. The second-order valence-corrected chi connectivity index (χ2v) is 6.11. The number of nitrogens with zero attached hydrogens (tertiary/aromatic N) is 1. The number of hydrogen-bond donors (Lipinski definition) is 0. The van der Waals surface area contributed by atoms with E-state index in [2.05, 4.69) is 15.9 Å². The molecule has 0 amide bonds. The number of ether oxygens (including phenoxy) is 1. The molecule has 19 heavy (non-hydrogen) atoms. The first kappa shape index (κ1) is 13.8. The second-order valence-electron chi connectivity index (χ2n) is 5.19. The summed E-state index contributed by atoms with van der Waals surface area (Å²) in [5.74, 6) is 0. The quantitative estimate of drug-likeness (QED) is 0.745. The Morgan fingerprint density at radius 3 is 2.47 bits per heavy atom. The molecule has 5 heteroatoms. The third-order valence-electron chi connectivity index (χ3n) is 2.44. The molecule has 1 aromatic carbocycles. The van der Waals surface area contributed by atoms with E-state index in [1.54, 1.807) is 32.9 Å². The first-order valence-corrected chi connectivity index (χ1v) is 6.62. The molecule has 0 N–H and O–H groups in total. The number of carbonyl (C=O) groups excluding carboxylic acids is 1. The van der Waals surface area contributed by atoms with Crippen LogP contribution in [0, 0.1) is 0 Å². The summed E-state index contributed by atoms with van der Waals surface area (Å²) in [7, 11) is 0. The van der Waals surface area contributed by atoms with Gasteiger partial charge in [-0.1, -0.05) is 22.0 Å². The van der Waals surface area contributed by atoms with Gasteiger partial charge >= 0.3 is 6.09 Å². The van der Waals surface area contributed by atoms with Crippen molar-refractivity contribution in [2.45, 2.75) is 26.4 Å². The standard InChI is InChI=1S/C14H14BrNO3/c1-14(2,3)19-13(18)16-11-8-10(15)6-4-9(11)5-7-12(16)17/h4-8H,1-3H3. The van der Waals surface area contributed by atoms with Crippen LogP contribution in [0.3, 0.4) is 0 Å². The average molecular weight is 324 g/mol. The molecule has 1 heterocycles. The maximum atomic E-state index is 12.1. The van der Waals surface area contributed by atoms with E-state index in [9.17, 15) is 9.59 Å². The number of benzene rings is 1. The lowest BCUT2D eigenvalue weighted by Crippen LogP contribution is -2.33. The molecule has 2 rings (SSSR count). The minimum absolute atomic E-state index is 0.403. The molecule has 100 valence electrons. The Kier molecular flexibility index (Phi) is 3.49. The summed E-state index contributed by atoms with van der Waals surface area (Å²) in [6, 6.07) is 8.46. The Morgan fingerprint density at radius 2 is 1.84 bits per heavy atom. The normalized spacial score (nSPS) is 11.6. The van der Waals surface area contributed by atoms with E-state index in [4.69, 9.17) is 4.74 Å². The van der Waals surface area contributed by atoms with Gasteiger partial charge in [0.15, 0.2) is 0 Å². The highest BCUT2D eigenvalue weighted by atomic mass is 79.9. The predicted octanol–water partition coefficient (Wildman–Crippen LogP) is 3.55. The number of halogens is 1. The molecule has 0 aliphatic heterocycles. The highest BCUT2D eigenvalue weighted by Gasteiger charge is 2.20. The lowest BCUT2D eigenvalue weighted by molar-refractivity contribution is 0.0538. The molecular weight excluding hydrogens is 310 g/mol. The lowest BCUT2D eigenvalue weighted by atomic mass is 10.2. The van der Waals surface area contributed by atoms with Crippen molar-refractivity contribution in [2.24, 2.45) is 0 Å². The lowest BCUT2D eigenvalue weighted by Gasteiger charge is -2.20. The summed E-state index contributed by atoms with van der Waals surface area (Å²) < 4.78 is 7.10. The van der Waals surface area contributed by atoms with Crippen molar-refractivity contribution in [3.63, 3.8) is 0 Å². The molecule has 0 fully saturated rings. The monoisotopic (exact) mass is 323 g/mol. The molecular formula is C14H14BrNO3. The predicted molar refractivity (Wildman–Crippen MR) is 77.5 cm³/mol. The Hall–Kier alpha value is -1.62. The summed E-state index contributed by atoms with van der Waals surface area (Å²) in [4.78, 5) is 24.1. The summed E-state index contributed by atoms with van der Waals surface area (Å²) in [6.45, 7) is 5.28. The molecule has 0 saturated carbocycles. The first-order chi connectivity index (χ1) is 8.78. The van der Waals surface area contributed by atoms with Gasteiger partial charge in [-0.05, 0) is 44.4 Å². The molecule has 0 saturated heterocycles. The van der Waals surface area contributed by atoms with Gasteiger partial charge in [-0.15, -0.1) is 0 Å². The van der Waals surface area contributed by atoms with Crippen molar-refractivity contribution in [2.75, 3.05) is 0 Å². The fraction of sp³-hybridized carbons (Fsp3) is 0.286. The van der Waals surface area contributed by atoms with Gasteiger partial charge in [-0.3, -0.25) is 4.79 Å². The van der Waals surface area contributed by atoms with Crippen LogP contribution in [0.5, 0.6) is 0 Å². The number of rotatable bonds is 0. The van der Waals surface area contributed by atoms with Crippen LogP contribution in [-0.2, 0) is 4.74 Å². The van der Waals surface area contributed by atoms with Crippen LogP contribution in [-0.4, -0.2) is 16.3 Å². The van der Waals surface area contributed by atoms with Crippen LogP contribution in [0.15, 0.2) is 39.6 Å². The molecule has 4 nitrogen and oxygen atoms in total. The van der Waals surface area contributed by atoms with Crippen LogP contribution in [0.4, 0.5) is 4.79 Å². The van der Waals surface area contributed by atoms with E-state index in [1.807, 2.05) is 12.1 Å². The summed E-state index contributed by atoms with van der Waals surface area (Å²) in [5.41, 5.74) is -0.527. The molecule has 2 aromatic rings. The van der Waals surface area contributed by atoms with Gasteiger partial charge in [0.2, 0.25) is 0 Å². The summed E-state index contributed by atoms with van der Waals surface area (Å²) in [5, 5.41) is 0.800. The van der Waals surface area contributed by atoms with Crippen LogP contribution in [0.2, 0.25) is 0 Å². The molecule has 0 aliphatic rings. The fourth-order valence-electron chi connectivity index (χ4n) is 1.70. The number of carbonyl (C=O) groups is 1. The topological polar surface area (TPSA) is 48.3 Å². The van der Waals surface area contributed by atoms with Crippen LogP contribution in [0.25, 0.3) is 10.9 Å². The SMILES string of the molecule is CC(C)(C)OC(=O)n1c(=O)ccc2ccc(Br)cc21. The molecule has 0 radical (unpaired) electrons. The van der Waals surface area contributed by atoms with Crippen molar-refractivity contribution >= 4 is 32.9 Å². The van der Waals surface area contributed by atoms with E-state index >= 15 is 0 Å². The fourth-order valence-corrected chi connectivity index (χ4v) is 2.05. The van der Waals surface area contributed by atoms with Crippen molar-refractivity contribution in [1.82, 2.24) is 4.57 Å². The number of fused-ring (bicyclic) bond motifs is 1. The van der Waals surface area contributed by atoms with Gasteiger partial charge in [0, 0.05) is 10.5 Å². The molecule has 0 spiro atoms. The van der Waals surface area contributed by atoms with Crippen molar-refractivity contribution in [3.8, 4) is 0 Å². The van der Waals surface area contributed by atoms with Gasteiger partial charge in [-0.25, -0.2) is 9.36 Å². The van der Waals surface area contributed by atoms with Gasteiger partial charge in [-0.2, -0.15) is 0 Å². The van der Waals surface area contributed by atoms with Gasteiger partial charge in [0.25, 0.3) is 5.56 Å². The molecule has 1 aromatic heterocycles. The van der Waals surface area contributed by atoms with Crippen molar-refractivity contribution in [1.29, 1.82) is 0 Å². The van der Waals surface area contributed by atoms with E-state index in [0.29, 0.717) is 5.52 Å². The Balaban J connectivity index is 2.64. The smallest absolute Gasteiger partial charge is 0.422 e. The van der Waals surface area contributed by atoms with Crippen LogP contribution >= 0.6 is 15.9 Å². The Bertz CT molecular complexity index is 698. The average Bonchev–Trinajstić information content (AvgIpc) is 2.25. The maximum absolute atomic E-state index is 12.1. The third-order valence-corrected chi connectivity index (χ3v) is 2.93. The van der Waals surface area contributed by atoms with Crippen molar-refractivity contribution < 1.29 is 9.53 Å². The van der Waals surface area contributed by atoms with E-state index in [1.165, 1.54) is 6.07 Å². The number of hydrogen-bond acceptors (Lipinski definition) is 3. The molecule has 0 unspecified atom stereocenters. The third kappa shape index (κ3) is 3.04. The Labute approximate surface area is 119 Å². The van der Waals surface area contributed by atoms with E-state index in [0.717, 1.165) is 14.4 Å². The van der Waals surface area contributed by atoms with Crippen molar-refractivity contribution in [3.05, 3.63) is 45.2 Å². The molecule has 0 atom stereocenters. The zero-order chi connectivity index (χ0) is 14.2. The highest BCUT2D eigenvalue weighted by Crippen LogP contribution is 2.19. The van der Waals surface area contributed by atoms with Crippen LogP contribution in [0.1, 0.15) is 20.8 Å². The summed E-state index contributed by atoms with van der Waals surface area (Å²) >= 11 is 3.33. The minimum atomic E-state index is -0.666. The maximum Gasteiger partial charge on any atom is 0.422 e. The highest BCUT2D eigenvalue weighted by molar-refractivity contribution is 9.10. The minimum Gasteiger partial charge on any atom is -0.443 e. The first-order valence-electron chi connectivity index (χ1n) is 5.83. The molecule has 0 bridgehead atoms.